The van der Waals surface area contributed by atoms with Gasteiger partial charge in [-0.2, -0.15) is 18.3 Å². The largest absolute Gasteiger partial charge is 0.406 e. The van der Waals surface area contributed by atoms with Gasteiger partial charge in [-0.05, 0) is 18.6 Å². The van der Waals surface area contributed by atoms with Crippen molar-refractivity contribution in [3.63, 3.8) is 0 Å². The van der Waals surface area contributed by atoms with Gasteiger partial charge >= 0.3 is 6.18 Å². The highest BCUT2D eigenvalue weighted by atomic mass is 35.5. The standard InChI is InChI=1S/C14H12ClF3N4O/c15-10-4-2-1-3-9(10)12-19-8-20-22(12)11-5-6-21(13(11)23)7-14(16,17)18/h1-4,8,11H,5-7H2/t11-/m1/s1. The van der Waals surface area contributed by atoms with Crippen molar-refractivity contribution in [3.05, 3.63) is 35.6 Å². The van der Waals surface area contributed by atoms with Crippen LogP contribution in [0.5, 0.6) is 0 Å². The summed E-state index contributed by atoms with van der Waals surface area (Å²) in [6, 6.07) is 6.09. The molecule has 1 saturated heterocycles. The van der Waals surface area contributed by atoms with E-state index in [0.717, 1.165) is 4.90 Å². The van der Waals surface area contributed by atoms with Gasteiger partial charge in [0.15, 0.2) is 5.82 Å². The first-order valence-corrected chi connectivity index (χ1v) is 7.24. The first kappa shape index (κ1) is 15.8. The van der Waals surface area contributed by atoms with E-state index in [1.807, 2.05) is 0 Å². The first-order chi connectivity index (χ1) is 10.9. The Balaban J connectivity index is 1.89. The molecule has 122 valence electrons. The summed E-state index contributed by atoms with van der Waals surface area (Å²) in [5, 5.41) is 4.45. The maximum atomic E-state index is 12.5. The average molecular weight is 345 g/mol. The lowest BCUT2D eigenvalue weighted by Gasteiger charge is -2.19. The number of halogens is 4. The molecule has 3 rings (SSSR count). The maximum Gasteiger partial charge on any atom is 0.406 e. The van der Waals surface area contributed by atoms with Crippen LogP contribution in [0.25, 0.3) is 11.4 Å². The van der Waals surface area contributed by atoms with Crippen LogP contribution in [-0.2, 0) is 4.79 Å². The Morgan fingerprint density at radius 1 is 1.30 bits per heavy atom. The van der Waals surface area contributed by atoms with Crippen molar-refractivity contribution in [1.29, 1.82) is 0 Å². The van der Waals surface area contributed by atoms with E-state index in [9.17, 15) is 18.0 Å². The predicted molar refractivity (Wildman–Crippen MR) is 76.8 cm³/mol. The second kappa shape index (κ2) is 5.84. The number of amides is 1. The van der Waals surface area contributed by atoms with Gasteiger partial charge in [-0.1, -0.05) is 23.7 Å². The summed E-state index contributed by atoms with van der Waals surface area (Å²) < 4.78 is 38.9. The quantitative estimate of drug-likeness (QED) is 0.860. The molecule has 1 aliphatic heterocycles. The number of benzene rings is 1. The lowest BCUT2D eigenvalue weighted by Crippen LogP contribution is -2.36. The zero-order valence-electron chi connectivity index (χ0n) is 11.8. The minimum absolute atomic E-state index is 0.0326. The van der Waals surface area contributed by atoms with Crippen molar-refractivity contribution in [2.45, 2.75) is 18.6 Å². The number of alkyl halides is 3. The van der Waals surface area contributed by atoms with Gasteiger partial charge in [-0.3, -0.25) is 4.79 Å². The average Bonchev–Trinajstić information content (AvgIpc) is 3.06. The van der Waals surface area contributed by atoms with E-state index in [4.69, 9.17) is 11.6 Å². The molecule has 2 aromatic rings. The number of rotatable bonds is 3. The molecule has 0 bridgehead atoms. The summed E-state index contributed by atoms with van der Waals surface area (Å²) in [7, 11) is 0. The van der Waals surface area contributed by atoms with Crippen LogP contribution in [0.3, 0.4) is 0 Å². The van der Waals surface area contributed by atoms with Crippen LogP contribution >= 0.6 is 11.6 Å². The zero-order chi connectivity index (χ0) is 16.6. The summed E-state index contributed by atoms with van der Waals surface area (Å²) >= 11 is 6.12. The Kier molecular flexibility index (Phi) is 4.01. The van der Waals surface area contributed by atoms with Crippen LogP contribution in [0, 0.1) is 0 Å². The molecule has 9 heteroatoms. The molecule has 0 N–H and O–H groups in total. The Morgan fingerprint density at radius 3 is 2.74 bits per heavy atom. The zero-order valence-corrected chi connectivity index (χ0v) is 12.6. The van der Waals surface area contributed by atoms with Gasteiger partial charge in [-0.25, -0.2) is 9.67 Å². The van der Waals surface area contributed by atoms with Gasteiger partial charge in [0.1, 0.15) is 18.9 Å². The number of hydrogen-bond acceptors (Lipinski definition) is 3. The summed E-state index contributed by atoms with van der Waals surface area (Å²) in [4.78, 5) is 17.1. The van der Waals surface area contributed by atoms with Gasteiger partial charge in [-0.15, -0.1) is 0 Å². The van der Waals surface area contributed by atoms with Gasteiger partial charge in [0.2, 0.25) is 5.91 Å². The lowest BCUT2D eigenvalue weighted by atomic mass is 10.2. The van der Waals surface area contributed by atoms with Crippen LogP contribution in [0.1, 0.15) is 12.5 Å². The topological polar surface area (TPSA) is 51.0 Å². The van der Waals surface area contributed by atoms with Crippen molar-refractivity contribution >= 4 is 17.5 Å². The van der Waals surface area contributed by atoms with Crippen molar-refractivity contribution in [2.75, 3.05) is 13.1 Å². The highest BCUT2D eigenvalue weighted by Crippen LogP contribution is 2.32. The van der Waals surface area contributed by atoms with E-state index in [-0.39, 0.29) is 13.0 Å². The van der Waals surface area contributed by atoms with Crippen molar-refractivity contribution in [1.82, 2.24) is 19.7 Å². The van der Waals surface area contributed by atoms with E-state index in [2.05, 4.69) is 10.1 Å². The Bertz CT molecular complexity index is 731. The highest BCUT2D eigenvalue weighted by Gasteiger charge is 2.41. The van der Waals surface area contributed by atoms with Gasteiger partial charge in [0, 0.05) is 12.1 Å². The third-order valence-corrected chi connectivity index (χ3v) is 3.95. The van der Waals surface area contributed by atoms with Gasteiger partial charge in [0.05, 0.1) is 5.02 Å². The highest BCUT2D eigenvalue weighted by molar-refractivity contribution is 6.33. The molecule has 0 radical (unpaired) electrons. The second-order valence-electron chi connectivity index (χ2n) is 5.19. The summed E-state index contributed by atoms with van der Waals surface area (Å²) in [6.07, 6.45) is -2.91. The van der Waals surface area contributed by atoms with Crippen LogP contribution in [-0.4, -0.2) is 44.8 Å². The molecule has 1 aromatic carbocycles. The Labute approximate surface area is 134 Å². The van der Waals surface area contributed by atoms with Crippen molar-refractivity contribution in [2.24, 2.45) is 0 Å². The van der Waals surface area contributed by atoms with Crippen molar-refractivity contribution in [3.8, 4) is 11.4 Å². The van der Waals surface area contributed by atoms with Gasteiger partial charge in [0.25, 0.3) is 0 Å². The lowest BCUT2D eigenvalue weighted by molar-refractivity contribution is -0.158. The molecule has 23 heavy (non-hydrogen) atoms. The number of carbonyl (C=O) groups is 1. The molecule has 1 atom stereocenters. The number of nitrogens with zero attached hydrogens (tertiary/aromatic N) is 4. The Morgan fingerprint density at radius 2 is 2.04 bits per heavy atom. The van der Waals surface area contributed by atoms with E-state index in [1.165, 1.54) is 11.0 Å². The normalized spacial score (nSPS) is 18.7. The Hall–Kier alpha value is -2.09. The van der Waals surface area contributed by atoms with E-state index in [1.54, 1.807) is 24.3 Å². The molecule has 1 aliphatic rings. The second-order valence-corrected chi connectivity index (χ2v) is 5.59. The fraction of sp³-hybridized carbons (Fsp3) is 0.357. The van der Waals surface area contributed by atoms with Gasteiger partial charge < -0.3 is 4.90 Å². The molecule has 0 unspecified atom stereocenters. The molecule has 0 saturated carbocycles. The fourth-order valence-electron chi connectivity index (χ4n) is 2.64. The molecule has 1 aromatic heterocycles. The molecule has 0 spiro atoms. The molecule has 0 aliphatic carbocycles. The molecule has 1 amide bonds. The monoisotopic (exact) mass is 344 g/mol. The van der Waals surface area contributed by atoms with Crippen LogP contribution < -0.4 is 0 Å². The number of hydrogen-bond donors (Lipinski definition) is 0. The molecule has 2 heterocycles. The molecule has 1 fully saturated rings. The van der Waals surface area contributed by atoms with Crippen LogP contribution in [0.4, 0.5) is 13.2 Å². The SMILES string of the molecule is O=C1[C@H](n2ncnc2-c2ccccc2Cl)CCN1CC(F)(F)F. The predicted octanol–water partition coefficient (Wildman–Crippen LogP) is 2.93. The summed E-state index contributed by atoms with van der Waals surface area (Å²) in [5.74, 6) is -0.246. The minimum atomic E-state index is -4.42. The number of aromatic nitrogens is 3. The summed E-state index contributed by atoms with van der Waals surface area (Å²) in [5.41, 5.74) is 0.578. The first-order valence-electron chi connectivity index (χ1n) is 6.87. The van der Waals surface area contributed by atoms with E-state index in [0.29, 0.717) is 16.4 Å². The van der Waals surface area contributed by atoms with Crippen molar-refractivity contribution < 1.29 is 18.0 Å². The van der Waals surface area contributed by atoms with E-state index >= 15 is 0 Å². The number of carbonyl (C=O) groups excluding carboxylic acids is 1. The third kappa shape index (κ3) is 3.17. The van der Waals surface area contributed by atoms with Crippen LogP contribution in [0.15, 0.2) is 30.6 Å². The van der Waals surface area contributed by atoms with Crippen LogP contribution in [0.2, 0.25) is 5.02 Å². The summed E-state index contributed by atoms with van der Waals surface area (Å²) in [6.45, 7) is -1.22. The maximum absolute atomic E-state index is 12.5. The number of likely N-dealkylation sites (tertiary alicyclic amines) is 1. The molecular formula is C14H12ClF3N4O. The van der Waals surface area contributed by atoms with E-state index < -0.39 is 24.7 Å². The smallest absolute Gasteiger partial charge is 0.332 e. The minimum Gasteiger partial charge on any atom is -0.332 e. The molecular weight excluding hydrogens is 333 g/mol. The fourth-order valence-corrected chi connectivity index (χ4v) is 2.86. The molecule has 5 nitrogen and oxygen atoms in total. The third-order valence-electron chi connectivity index (χ3n) is 3.62.